The molecule has 1 unspecified atom stereocenters. The van der Waals surface area contributed by atoms with E-state index in [0.717, 1.165) is 18.4 Å². The maximum atomic E-state index is 12.2. The van der Waals surface area contributed by atoms with Crippen LogP contribution in [0.5, 0.6) is 0 Å². The number of hydrogen-bond donors (Lipinski definition) is 3. The van der Waals surface area contributed by atoms with E-state index in [2.05, 4.69) is 5.32 Å². The quantitative estimate of drug-likeness (QED) is 0.583. The van der Waals surface area contributed by atoms with E-state index in [1.165, 1.54) is 0 Å². The third-order valence-corrected chi connectivity index (χ3v) is 4.64. The van der Waals surface area contributed by atoms with E-state index in [4.69, 9.17) is 5.26 Å². The van der Waals surface area contributed by atoms with Crippen LogP contribution < -0.4 is 5.32 Å². The van der Waals surface area contributed by atoms with Gasteiger partial charge in [0.05, 0.1) is 12.0 Å². The molecule has 1 aromatic rings. The van der Waals surface area contributed by atoms with Gasteiger partial charge in [-0.2, -0.15) is 5.26 Å². The predicted molar refractivity (Wildman–Crippen MR) is 96.5 cm³/mol. The lowest BCUT2D eigenvalue weighted by Gasteiger charge is -2.24. The smallest absolute Gasteiger partial charge is 0.426 e. The van der Waals surface area contributed by atoms with E-state index in [0.29, 0.717) is 19.4 Å². The summed E-state index contributed by atoms with van der Waals surface area (Å²) in [6.07, 6.45) is 2.57. The minimum absolute atomic E-state index is 0.0341. The van der Waals surface area contributed by atoms with Crippen molar-refractivity contribution in [2.24, 2.45) is 0 Å². The van der Waals surface area contributed by atoms with Crippen LogP contribution in [-0.4, -0.2) is 52.4 Å². The van der Waals surface area contributed by atoms with Crippen molar-refractivity contribution in [2.75, 3.05) is 6.54 Å². The summed E-state index contributed by atoms with van der Waals surface area (Å²) in [6, 6.07) is 11.1. The molecule has 0 saturated carbocycles. The molecule has 7 nitrogen and oxygen atoms in total. The van der Waals surface area contributed by atoms with Gasteiger partial charge in [-0.1, -0.05) is 30.3 Å². The molecule has 0 aliphatic carbocycles. The molecule has 2 atom stereocenters. The number of nitrogens with zero attached hydrogens (tertiary/aromatic N) is 2. The molecular formula is C18H24BN3O4. The average Bonchev–Trinajstić information content (AvgIpc) is 3.09. The predicted octanol–water partition coefficient (Wildman–Crippen LogP) is 0.411. The Labute approximate surface area is 153 Å². The van der Waals surface area contributed by atoms with Crippen molar-refractivity contribution >= 4 is 18.9 Å². The van der Waals surface area contributed by atoms with Gasteiger partial charge >= 0.3 is 7.12 Å². The molecular weight excluding hydrogens is 333 g/mol. The number of likely N-dealkylation sites (tertiary alicyclic amines) is 1. The molecule has 138 valence electrons. The first-order chi connectivity index (χ1) is 12.5. The zero-order valence-corrected chi connectivity index (χ0v) is 14.7. The summed E-state index contributed by atoms with van der Waals surface area (Å²) in [7, 11) is -1.65. The van der Waals surface area contributed by atoms with E-state index in [9.17, 15) is 19.6 Å². The molecule has 1 aliphatic heterocycles. The zero-order valence-electron chi connectivity index (χ0n) is 14.7. The average molecular weight is 357 g/mol. The summed E-state index contributed by atoms with van der Waals surface area (Å²) < 4.78 is 0. The zero-order chi connectivity index (χ0) is 18.9. The van der Waals surface area contributed by atoms with Gasteiger partial charge in [0.25, 0.3) is 0 Å². The molecule has 0 spiro atoms. The van der Waals surface area contributed by atoms with Gasteiger partial charge < -0.3 is 20.3 Å². The van der Waals surface area contributed by atoms with Gasteiger partial charge in [0.15, 0.2) is 0 Å². The third kappa shape index (κ3) is 5.86. The molecule has 0 aromatic heterocycles. The minimum Gasteiger partial charge on any atom is -0.426 e. The number of nitrogens with one attached hydrogen (secondary N) is 1. The third-order valence-electron chi connectivity index (χ3n) is 4.64. The van der Waals surface area contributed by atoms with Crippen LogP contribution in [-0.2, 0) is 16.0 Å². The van der Waals surface area contributed by atoms with Crippen molar-refractivity contribution < 1.29 is 19.6 Å². The summed E-state index contributed by atoms with van der Waals surface area (Å²) >= 11 is 0. The van der Waals surface area contributed by atoms with Crippen molar-refractivity contribution in [3.8, 4) is 6.07 Å². The number of carbonyl (C=O) groups is 2. The maximum absolute atomic E-state index is 12.2. The van der Waals surface area contributed by atoms with E-state index in [1.54, 1.807) is 4.90 Å². The first-order valence-electron chi connectivity index (χ1n) is 8.87. The fourth-order valence-electron chi connectivity index (χ4n) is 3.31. The topological polar surface area (TPSA) is 114 Å². The van der Waals surface area contributed by atoms with Crippen molar-refractivity contribution in [1.29, 1.82) is 5.26 Å². The first-order valence-corrected chi connectivity index (χ1v) is 8.87. The number of carbonyl (C=O) groups excluding carboxylic acids is 2. The molecule has 0 radical (unpaired) electrons. The molecule has 3 N–H and O–H groups in total. The van der Waals surface area contributed by atoms with E-state index in [-0.39, 0.29) is 30.7 Å². The highest BCUT2D eigenvalue weighted by atomic mass is 16.4. The Hall–Kier alpha value is -2.37. The van der Waals surface area contributed by atoms with E-state index >= 15 is 0 Å². The second-order valence-corrected chi connectivity index (χ2v) is 6.53. The Kier molecular flexibility index (Phi) is 7.63. The first kappa shape index (κ1) is 20.0. The van der Waals surface area contributed by atoms with Gasteiger partial charge in [-0.25, -0.2) is 0 Å². The summed E-state index contributed by atoms with van der Waals surface area (Å²) in [5, 5.41) is 30.4. The second kappa shape index (κ2) is 9.95. The molecule has 1 fully saturated rings. The van der Waals surface area contributed by atoms with Gasteiger partial charge in [-0.15, -0.1) is 0 Å². The Morgan fingerprint density at radius 3 is 2.73 bits per heavy atom. The minimum atomic E-state index is -1.65. The number of rotatable bonds is 8. The van der Waals surface area contributed by atoms with Crippen LogP contribution in [0.15, 0.2) is 30.3 Å². The maximum Gasteiger partial charge on any atom is 0.475 e. The van der Waals surface area contributed by atoms with Gasteiger partial charge in [0.2, 0.25) is 11.8 Å². The SMILES string of the molecule is N#CCC(=O)N1CCCC1CCC(=O)N[C@@H](Cc1ccccc1)B(O)O. The van der Waals surface area contributed by atoms with Crippen molar-refractivity contribution in [2.45, 2.75) is 50.5 Å². The van der Waals surface area contributed by atoms with E-state index in [1.807, 2.05) is 36.4 Å². The molecule has 1 saturated heterocycles. The molecule has 1 heterocycles. The lowest BCUT2D eigenvalue weighted by Crippen LogP contribution is -2.48. The fraction of sp³-hybridized carbons (Fsp3) is 0.500. The van der Waals surface area contributed by atoms with Crippen LogP contribution in [0.4, 0.5) is 0 Å². The molecule has 1 aliphatic rings. The number of amides is 2. The van der Waals surface area contributed by atoms with Crippen LogP contribution in [0, 0.1) is 11.3 Å². The Morgan fingerprint density at radius 1 is 1.35 bits per heavy atom. The van der Waals surface area contributed by atoms with Crippen LogP contribution >= 0.6 is 0 Å². The second-order valence-electron chi connectivity index (χ2n) is 6.53. The highest BCUT2D eigenvalue weighted by molar-refractivity contribution is 6.43. The monoisotopic (exact) mass is 357 g/mol. The molecule has 26 heavy (non-hydrogen) atoms. The van der Waals surface area contributed by atoms with Gasteiger partial charge in [-0.3, -0.25) is 9.59 Å². The van der Waals surface area contributed by atoms with Crippen LogP contribution in [0.2, 0.25) is 0 Å². The van der Waals surface area contributed by atoms with Gasteiger partial charge in [-0.05, 0) is 31.2 Å². The van der Waals surface area contributed by atoms with Crippen molar-refractivity contribution in [3.05, 3.63) is 35.9 Å². The summed E-state index contributed by atoms with van der Waals surface area (Å²) in [5.74, 6) is -1.26. The summed E-state index contributed by atoms with van der Waals surface area (Å²) in [5.41, 5.74) is 0.898. The van der Waals surface area contributed by atoms with E-state index < -0.39 is 13.1 Å². The normalized spacial score (nSPS) is 17.4. The van der Waals surface area contributed by atoms with Gasteiger partial charge in [0, 0.05) is 19.0 Å². The standard InChI is InChI=1S/C18H24BN3O4/c20-11-10-18(24)22-12-4-7-15(22)8-9-17(23)21-16(19(25)26)13-14-5-2-1-3-6-14/h1-3,5-6,15-16,25-26H,4,7-10,12-13H2,(H,21,23)/t15?,16-/m0/s1. The molecule has 0 bridgehead atoms. The summed E-state index contributed by atoms with van der Waals surface area (Å²) in [6.45, 7) is 0.624. The Bertz CT molecular complexity index is 648. The molecule has 8 heteroatoms. The lowest BCUT2D eigenvalue weighted by molar-refractivity contribution is -0.131. The lowest BCUT2D eigenvalue weighted by atomic mass is 9.76. The largest absolute Gasteiger partial charge is 0.475 e. The number of nitriles is 1. The molecule has 1 aromatic carbocycles. The van der Waals surface area contributed by atoms with Gasteiger partial charge in [0.1, 0.15) is 6.42 Å². The van der Waals surface area contributed by atoms with Crippen molar-refractivity contribution in [1.82, 2.24) is 10.2 Å². The number of benzene rings is 1. The van der Waals surface area contributed by atoms with Crippen LogP contribution in [0.1, 0.15) is 37.7 Å². The van der Waals surface area contributed by atoms with Crippen molar-refractivity contribution in [3.63, 3.8) is 0 Å². The highest BCUT2D eigenvalue weighted by Gasteiger charge is 2.30. The van der Waals surface area contributed by atoms with Crippen LogP contribution in [0.25, 0.3) is 0 Å². The van der Waals surface area contributed by atoms with Crippen LogP contribution in [0.3, 0.4) is 0 Å². The summed E-state index contributed by atoms with van der Waals surface area (Å²) in [4.78, 5) is 25.8. The number of hydrogen-bond acceptors (Lipinski definition) is 5. The Morgan fingerprint density at radius 2 is 2.08 bits per heavy atom. The Balaban J connectivity index is 1.84. The molecule has 2 amide bonds. The molecule has 2 rings (SSSR count). The fourth-order valence-corrected chi connectivity index (χ4v) is 3.31. The highest BCUT2D eigenvalue weighted by Crippen LogP contribution is 2.22.